The fourth-order valence-electron chi connectivity index (χ4n) is 7.40. The summed E-state index contributed by atoms with van der Waals surface area (Å²) in [6.07, 6.45) is 14.1. The second-order valence-electron chi connectivity index (χ2n) is 12.5. The number of hydrogen-bond donors (Lipinski definition) is 1. The number of piperidine rings is 1. The Bertz CT molecular complexity index is 1810. The molecule has 0 radical (unpaired) electrons. The highest BCUT2D eigenvalue weighted by Gasteiger charge is 2.32. The molecular formula is C35H38ClN7S. The van der Waals surface area contributed by atoms with Crippen molar-refractivity contribution in [2.45, 2.75) is 76.4 Å². The van der Waals surface area contributed by atoms with Gasteiger partial charge < -0.3 is 14.8 Å². The number of benzene rings is 2. The van der Waals surface area contributed by atoms with E-state index in [9.17, 15) is 0 Å². The Hall–Kier alpha value is -3.46. The molecule has 2 aliphatic heterocycles. The summed E-state index contributed by atoms with van der Waals surface area (Å²) in [6, 6.07) is 12.0. The maximum absolute atomic E-state index is 7.05. The van der Waals surface area contributed by atoms with E-state index >= 15 is 0 Å². The first-order valence-corrected chi connectivity index (χ1v) is 17.3. The number of imidazole rings is 1. The molecule has 8 rings (SSSR count). The summed E-state index contributed by atoms with van der Waals surface area (Å²) in [4.78, 5) is 12.0. The van der Waals surface area contributed by atoms with Crippen LogP contribution in [0.25, 0.3) is 22.0 Å². The molecule has 1 unspecified atom stereocenters. The zero-order chi connectivity index (χ0) is 29.8. The SMILES string of the molecule is C=C(Nc1nccs1)C(c1ncn2c1CCC2)n1cc2c(Cl)cc(-c3ccc(C4CCN(C5CC5)CC4)cc3)c(CC)c2n1. The lowest BCUT2D eigenvalue weighted by atomic mass is 9.87. The van der Waals surface area contributed by atoms with Crippen LogP contribution in [0.4, 0.5) is 5.13 Å². The van der Waals surface area contributed by atoms with Crippen LogP contribution in [0.5, 0.6) is 0 Å². The van der Waals surface area contributed by atoms with Crippen molar-refractivity contribution in [3.8, 4) is 11.1 Å². The molecule has 2 aromatic carbocycles. The van der Waals surface area contributed by atoms with E-state index in [1.165, 1.54) is 61.2 Å². The molecule has 7 nitrogen and oxygen atoms in total. The second kappa shape index (κ2) is 11.5. The summed E-state index contributed by atoms with van der Waals surface area (Å²) < 4.78 is 4.26. The minimum absolute atomic E-state index is 0.296. The van der Waals surface area contributed by atoms with Gasteiger partial charge in [0.05, 0.1) is 22.6 Å². The standard InChI is InChI=1S/C35H38ClN7S/c1-3-27-28(25-8-6-23(7-9-25)24-12-16-41(17-13-24)26-10-11-26)19-30(36)29-20-43(40-32(27)29)34(22(2)39-35-37-14-18-44-35)33-31-5-4-15-42(31)21-38-33/h6-9,14,18-21,24,26,34H,2-5,10-13,15-17H2,1H3,(H,37,39). The molecule has 1 saturated heterocycles. The number of anilines is 1. The number of nitrogens with zero attached hydrogens (tertiary/aromatic N) is 6. The molecule has 1 N–H and O–H groups in total. The van der Waals surface area contributed by atoms with Crippen LogP contribution in [-0.2, 0) is 19.4 Å². The smallest absolute Gasteiger partial charge is 0.186 e. The lowest BCUT2D eigenvalue weighted by molar-refractivity contribution is 0.203. The van der Waals surface area contributed by atoms with Gasteiger partial charge in [0.1, 0.15) is 6.04 Å². The zero-order valence-electron chi connectivity index (χ0n) is 25.2. The van der Waals surface area contributed by atoms with Gasteiger partial charge in [0.2, 0.25) is 0 Å². The number of fused-ring (bicyclic) bond motifs is 2. The first kappa shape index (κ1) is 28.0. The molecule has 226 valence electrons. The van der Waals surface area contributed by atoms with Crippen LogP contribution in [-0.4, -0.2) is 48.3 Å². The van der Waals surface area contributed by atoms with Crippen LogP contribution < -0.4 is 5.32 Å². The number of allylic oxidation sites excluding steroid dienone is 1. The molecule has 1 saturated carbocycles. The Balaban J connectivity index is 1.14. The van der Waals surface area contributed by atoms with Crippen molar-refractivity contribution in [2.24, 2.45) is 0 Å². The molecule has 5 heterocycles. The maximum atomic E-state index is 7.05. The number of rotatable bonds is 9. The summed E-state index contributed by atoms with van der Waals surface area (Å²) in [5, 5.41) is 13.1. The average molecular weight is 624 g/mol. The Morgan fingerprint density at radius 2 is 1.93 bits per heavy atom. The number of halogens is 1. The minimum atomic E-state index is -0.296. The maximum Gasteiger partial charge on any atom is 0.186 e. The van der Waals surface area contributed by atoms with Gasteiger partial charge in [-0.1, -0.05) is 49.4 Å². The minimum Gasteiger partial charge on any atom is -0.334 e. The van der Waals surface area contributed by atoms with Crippen molar-refractivity contribution >= 4 is 39.0 Å². The van der Waals surface area contributed by atoms with Crippen LogP contribution >= 0.6 is 22.9 Å². The molecular weight excluding hydrogens is 586 g/mol. The summed E-state index contributed by atoms with van der Waals surface area (Å²) >= 11 is 8.60. The quantitative estimate of drug-likeness (QED) is 0.180. The first-order valence-electron chi connectivity index (χ1n) is 16.0. The van der Waals surface area contributed by atoms with Gasteiger partial charge in [-0.25, -0.2) is 9.97 Å². The monoisotopic (exact) mass is 623 g/mol. The molecule has 2 fully saturated rings. The molecule has 0 amide bonds. The van der Waals surface area contributed by atoms with Crippen LogP contribution in [0, 0.1) is 0 Å². The van der Waals surface area contributed by atoms with Crippen molar-refractivity contribution in [3.05, 3.63) is 94.2 Å². The Morgan fingerprint density at radius 3 is 2.66 bits per heavy atom. The molecule has 9 heteroatoms. The summed E-state index contributed by atoms with van der Waals surface area (Å²) in [7, 11) is 0. The highest BCUT2D eigenvalue weighted by atomic mass is 35.5. The second-order valence-corrected chi connectivity index (χ2v) is 13.8. The normalized spacial score (nSPS) is 18.1. The van der Waals surface area contributed by atoms with Crippen molar-refractivity contribution in [2.75, 3.05) is 18.4 Å². The van der Waals surface area contributed by atoms with E-state index < -0.39 is 0 Å². The third kappa shape index (κ3) is 5.07. The largest absolute Gasteiger partial charge is 0.334 e. The summed E-state index contributed by atoms with van der Waals surface area (Å²) in [5.41, 5.74) is 8.97. The van der Waals surface area contributed by atoms with Gasteiger partial charge in [-0.3, -0.25) is 4.68 Å². The van der Waals surface area contributed by atoms with E-state index in [1.807, 2.05) is 16.4 Å². The third-order valence-corrected chi connectivity index (χ3v) is 10.9. The highest BCUT2D eigenvalue weighted by molar-refractivity contribution is 7.13. The summed E-state index contributed by atoms with van der Waals surface area (Å²) in [5.74, 6) is 0.652. The first-order chi connectivity index (χ1) is 21.6. The highest BCUT2D eigenvalue weighted by Crippen LogP contribution is 2.40. The van der Waals surface area contributed by atoms with Crippen molar-refractivity contribution in [1.82, 2.24) is 29.2 Å². The molecule has 0 bridgehead atoms. The van der Waals surface area contributed by atoms with Gasteiger partial charge in [0.25, 0.3) is 0 Å². The number of aryl methyl sites for hydroxylation is 2. The van der Waals surface area contributed by atoms with E-state index in [2.05, 4.69) is 69.8 Å². The lowest BCUT2D eigenvalue weighted by Gasteiger charge is -2.32. The van der Waals surface area contributed by atoms with Gasteiger partial charge in [0.15, 0.2) is 5.13 Å². The van der Waals surface area contributed by atoms with E-state index in [1.54, 1.807) is 17.5 Å². The number of aromatic nitrogens is 5. The van der Waals surface area contributed by atoms with Crippen LogP contribution in [0.2, 0.25) is 5.02 Å². The molecule has 3 aromatic heterocycles. The fraction of sp³-hybridized carbons (Fsp3) is 0.400. The van der Waals surface area contributed by atoms with Crippen LogP contribution in [0.3, 0.4) is 0 Å². The number of thiazole rings is 1. The number of nitrogens with one attached hydrogen (secondary N) is 1. The Labute approximate surface area is 267 Å². The molecule has 3 aliphatic rings. The average Bonchev–Trinajstić information content (AvgIpc) is 3.41. The molecule has 0 spiro atoms. The van der Waals surface area contributed by atoms with Crippen molar-refractivity contribution in [1.29, 1.82) is 0 Å². The lowest BCUT2D eigenvalue weighted by Crippen LogP contribution is -2.34. The summed E-state index contributed by atoms with van der Waals surface area (Å²) in [6.45, 7) is 10.1. The van der Waals surface area contributed by atoms with E-state index in [4.69, 9.17) is 21.7 Å². The third-order valence-electron chi connectivity index (χ3n) is 9.86. The van der Waals surface area contributed by atoms with Gasteiger partial charge in [-0.05, 0) is 92.3 Å². The molecule has 44 heavy (non-hydrogen) atoms. The Kier molecular flexibility index (Phi) is 7.31. The van der Waals surface area contributed by atoms with Crippen LogP contribution in [0.1, 0.15) is 73.5 Å². The predicted octanol–water partition coefficient (Wildman–Crippen LogP) is 8.08. The van der Waals surface area contributed by atoms with Gasteiger partial charge in [-0.2, -0.15) is 5.10 Å². The topological polar surface area (TPSA) is 63.8 Å². The van der Waals surface area contributed by atoms with Crippen molar-refractivity contribution in [3.63, 3.8) is 0 Å². The van der Waals surface area contributed by atoms with Crippen molar-refractivity contribution < 1.29 is 0 Å². The molecule has 1 aliphatic carbocycles. The Morgan fingerprint density at radius 1 is 1.11 bits per heavy atom. The molecule has 5 aromatic rings. The van der Waals surface area contributed by atoms with E-state index in [0.717, 1.165) is 64.8 Å². The van der Waals surface area contributed by atoms with Gasteiger partial charge in [-0.15, -0.1) is 11.3 Å². The molecule has 1 atom stereocenters. The van der Waals surface area contributed by atoms with E-state index in [-0.39, 0.29) is 6.04 Å². The number of likely N-dealkylation sites (tertiary alicyclic amines) is 1. The predicted molar refractivity (Wildman–Crippen MR) is 180 cm³/mol. The van der Waals surface area contributed by atoms with Gasteiger partial charge in [0, 0.05) is 47.1 Å². The van der Waals surface area contributed by atoms with E-state index in [0.29, 0.717) is 10.9 Å². The van der Waals surface area contributed by atoms with Gasteiger partial charge >= 0.3 is 0 Å². The zero-order valence-corrected chi connectivity index (χ0v) is 26.7. The fourth-order valence-corrected chi connectivity index (χ4v) is 8.21. The number of hydrogen-bond acceptors (Lipinski definition) is 6. The van der Waals surface area contributed by atoms with Crippen LogP contribution in [0.15, 0.2) is 66.7 Å².